The molecule has 0 heterocycles. The molecule has 0 aromatic heterocycles. The lowest BCUT2D eigenvalue weighted by Gasteiger charge is -2.24. The number of benzene rings is 2. The Labute approximate surface area is 135 Å². The maximum atomic E-state index is 3.46. The fourth-order valence-corrected chi connectivity index (χ4v) is 2.41. The van der Waals surface area contributed by atoms with Crippen molar-refractivity contribution in [3.05, 3.63) is 71.3 Å². The lowest BCUT2D eigenvalue weighted by atomic mass is 10.0. The second kappa shape index (κ2) is 8.41. The molecule has 1 atom stereocenters. The Hall–Kier alpha value is -2.04. The molecule has 0 bridgehead atoms. The molecule has 1 heteroatoms. The Morgan fingerprint density at radius 3 is 2.32 bits per heavy atom. The first-order chi connectivity index (χ1) is 10.7. The van der Waals surface area contributed by atoms with E-state index < -0.39 is 0 Å². The van der Waals surface area contributed by atoms with Gasteiger partial charge in [0.25, 0.3) is 0 Å². The number of nitrogens with zero attached hydrogens (tertiary/aromatic N) is 1. The summed E-state index contributed by atoms with van der Waals surface area (Å²) in [5.74, 6) is 6.78. The first-order valence-corrected chi connectivity index (χ1v) is 8.04. The van der Waals surface area contributed by atoms with Crippen molar-refractivity contribution in [2.24, 2.45) is 0 Å². The predicted octanol–water partition coefficient (Wildman–Crippen LogP) is 4.82. The highest BCUT2D eigenvalue weighted by molar-refractivity contribution is 5.38. The van der Waals surface area contributed by atoms with Gasteiger partial charge in [0, 0.05) is 5.56 Å². The number of aryl methyl sites for hydroxylation is 1. The van der Waals surface area contributed by atoms with Crippen LogP contribution in [0.5, 0.6) is 0 Å². The van der Waals surface area contributed by atoms with Crippen molar-refractivity contribution < 1.29 is 0 Å². The quantitative estimate of drug-likeness (QED) is 0.714. The molecule has 0 N–H and O–H groups in total. The van der Waals surface area contributed by atoms with Gasteiger partial charge in [-0.05, 0) is 44.6 Å². The van der Waals surface area contributed by atoms with Crippen molar-refractivity contribution in [1.82, 2.24) is 4.90 Å². The lowest BCUT2D eigenvalue weighted by Crippen LogP contribution is -2.24. The molecule has 0 aliphatic carbocycles. The van der Waals surface area contributed by atoms with Gasteiger partial charge in [0.2, 0.25) is 0 Å². The molecule has 0 saturated heterocycles. The van der Waals surface area contributed by atoms with E-state index in [1.54, 1.807) is 0 Å². The normalized spacial score (nSPS) is 11.8. The Bertz CT molecular complexity index is 616. The second-order valence-electron chi connectivity index (χ2n) is 5.78. The molecule has 0 fully saturated rings. The highest BCUT2D eigenvalue weighted by Crippen LogP contribution is 2.20. The Balaban J connectivity index is 2.25. The van der Waals surface area contributed by atoms with Gasteiger partial charge in [0.05, 0.1) is 6.04 Å². The van der Waals surface area contributed by atoms with Crippen molar-refractivity contribution in [2.75, 3.05) is 13.6 Å². The molecule has 2 aromatic rings. The lowest BCUT2D eigenvalue weighted by molar-refractivity contribution is 0.288. The summed E-state index contributed by atoms with van der Waals surface area (Å²) in [6.45, 7) is 5.41. The number of unbranched alkanes of at least 4 members (excludes halogenated alkanes) is 1. The molecule has 114 valence electrons. The molecule has 2 rings (SSSR count). The van der Waals surface area contributed by atoms with E-state index in [9.17, 15) is 0 Å². The smallest absolute Gasteiger partial charge is 0.0972 e. The van der Waals surface area contributed by atoms with E-state index in [1.165, 1.54) is 24.0 Å². The largest absolute Gasteiger partial charge is 0.289 e. The third-order valence-electron chi connectivity index (χ3n) is 3.83. The number of hydrogen-bond donors (Lipinski definition) is 0. The summed E-state index contributed by atoms with van der Waals surface area (Å²) in [6, 6.07) is 19.1. The molecule has 0 amide bonds. The van der Waals surface area contributed by atoms with Gasteiger partial charge < -0.3 is 0 Å². The molecule has 22 heavy (non-hydrogen) atoms. The summed E-state index contributed by atoms with van der Waals surface area (Å²) in [5.41, 5.74) is 3.63. The molecule has 1 nitrogen and oxygen atoms in total. The van der Waals surface area contributed by atoms with Crippen LogP contribution >= 0.6 is 0 Å². The van der Waals surface area contributed by atoms with Crippen LogP contribution in [0.2, 0.25) is 0 Å². The number of hydrogen-bond acceptors (Lipinski definition) is 1. The van der Waals surface area contributed by atoms with Crippen LogP contribution < -0.4 is 0 Å². The van der Waals surface area contributed by atoms with Crippen molar-refractivity contribution in [2.45, 2.75) is 32.7 Å². The van der Waals surface area contributed by atoms with Crippen molar-refractivity contribution in [3.8, 4) is 11.8 Å². The van der Waals surface area contributed by atoms with Gasteiger partial charge in [0.1, 0.15) is 0 Å². The van der Waals surface area contributed by atoms with Gasteiger partial charge in [-0.3, -0.25) is 4.90 Å². The summed E-state index contributed by atoms with van der Waals surface area (Å²) in [7, 11) is 2.17. The Morgan fingerprint density at radius 1 is 1.00 bits per heavy atom. The Kier molecular flexibility index (Phi) is 6.25. The van der Waals surface area contributed by atoms with E-state index in [2.05, 4.69) is 74.0 Å². The Morgan fingerprint density at radius 2 is 1.68 bits per heavy atom. The van der Waals surface area contributed by atoms with Crippen molar-refractivity contribution in [1.29, 1.82) is 0 Å². The third kappa shape index (κ3) is 4.76. The van der Waals surface area contributed by atoms with E-state index in [0.29, 0.717) is 0 Å². The van der Waals surface area contributed by atoms with Crippen molar-refractivity contribution in [3.63, 3.8) is 0 Å². The van der Waals surface area contributed by atoms with E-state index in [1.807, 2.05) is 18.2 Å². The molecular formula is C21H25N. The SMILES string of the molecule is CCCCN(C)C(C#Cc1ccccc1)c1ccc(C)cc1. The van der Waals surface area contributed by atoms with Gasteiger partial charge in [-0.2, -0.15) is 0 Å². The van der Waals surface area contributed by atoms with E-state index >= 15 is 0 Å². The zero-order valence-corrected chi connectivity index (χ0v) is 13.8. The highest BCUT2D eigenvalue weighted by Gasteiger charge is 2.13. The van der Waals surface area contributed by atoms with E-state index in [4.69, 9.17) is 0 Å². The van der Waals surface area contributed by atoms with Crippen LogP contribution in [0.25, 0.3) is 0 Å². The molecule has 0 radical (unpaired) electrons. The first kappa shape index (κ1) is 16.3. The maximum absolute atomic E-state index is 3.46. The predicted molar refractivity (Wildman–Crippen MR) is 94.8 cm³/mol. The zero-order chi connectivity index (χ0) is 15.8. The summed E-state index contributed by atoms with van der Waals surface area (Å²) in [4.78, 5) is 2.35. The average molecular weight is 291 g/mol. The summed E-state index contributed by atoms with van der Waals surface area (Å²) >= 11 is 0. The van der Waals surface area contributed by atoms with Gasteiger partial charge in [-0.1, -0.05) is 73.2 Å². The number of rotatable bonds is 5. The van der Waals surface area contributed by atoms with Crippen LogP contribution in [0.3, 0.4) is 0 Å². The summed E-state index contributed by atoms with van der Waals surface area (Å²) < 4.78 is 0. The van der Waals surface area contributed by atoms with Crippen LogP contribution in [0, 0.1) is 18.8 Å². The second-order valence-corrected chi connectivity index (χ2v) is 5.78. The van der Waals surface area contributed by atoms with Gasteiger partial charge in [0.15, 0.2) is 0 Å². The minimum absolute atomic E-state index is 0.146. The molecule has 2 aromatic carbocycles. The average Bonchev–Trinajstić information content (AvgIpc) is 2.55. The fourth-order valence-electron chi connectivity index (χ4n) is 2.41. The molecular weight excluding hydrogens is 266 g/mol. The maximum Gasteiger partial charge on any atom is 0.0972 e. The topological polar surface area (TPSA) is 3.24 Å². The zero-order valence-electron chi connectivity index (χ0n) is 13.8. The van der Waals surface area contributed by atoms with E-state index in [-0.39, 0.29) is 6.04 Å². The summed E-state index contributed by atoms with van der Waals surface area (Å²) in [5, 5.41) is 0. The highest BCUT2D eigenvalue weighted by atomic mass is 15.1. The fraction of sp³-hybridized carbons (Fsp3) is 0.333. The van der Waals surface area contributed by atoms with E-state index in [0.717, 1.165) is 12.1 Å². The molecule has 0 aliphatic heterocycles. The third-order valence-corrected chi connectivity index (χ3v) is 3.83. The van der Waals surface area contributed by atoms with Crippen LogP contribution in [0.15, 0.2) is 54.6 Å². The van der Waals surface area contributed by atoms with Crippen molar-refractivity contribution >= 4 is 0 Å². The molecule has 1 unspecified atom stereocenters. The molecule has 0 aliphatic rings. The minimum atomic E-state index is 0.146. The molecule has 0 saturated carbocycles. The molecule has 0 spiro atoms. The monoisotopic (exact) mass is 291 g/mol. The van der Waals surface area contributed by atoms with Crippen LogP contribution in [0.4, 0.5) is 0 Å². The van der Waals surface area contributed by atoms with Gasteiger partial charge >= 0.3 is 0 Å². The first-order valence-electron chi connectivity index (χ1n) is 8.04. The minimum Gasteiger partial charge on any atom is -0.289 e. The van der Waals surface area contributed by atoms with Crippen LogP contribution in [0.1, 0.15) is 42.5 Å². The summed E-state index contributed by atoms with van der Waals surface area (Å²) in [6.07, 6.45) is 2.41. The van der Waals surface area contributed by atoms with Crippen LogP contribution in [-0.4, -0.2) is 18.5 Å². The van der Waals surface area contributed by atoms with Gasteiger partial charge in [-0.15, -0.1) is 0 Å². The van der Waals surface area contributed by atoms with Gasteiger partial charge in [-0.25, -0.2) is 0 Å². The standard InChI is InChI=1S/C21H25N/c1-4-5-17-22(3)21(20-14-11-18(2)12-15-20)16-13-19-9-7-6-8-10-19/h6-12,14-15,21H,4-5,17H2,1-3H3. The van der Waals surface area contributed by atoms with Crippen LogP contribution in [-0.2, 0) is 0 Å².